The molecule has 37 heavy (non-hydrogen) atoms. The van der Waals surface area contributed by atoms with Gasteiger partial charge >= 0.3 is 17.7 Å². The fourth-order valence-electron chi connectivity index (χ4n) is 3.46. The molecule has 1 amide bonds. The Bertz CT molecular complexity index is 965. The summed E-state index contributed by atoms with van der Waals surface area (Å²) in [4.78, 5) is 39.2. The van der Waals surface area contributed by atoms with Crippen molar-refractivity contribution < 1.29 is 23.9 Å². The van der Waals surface area contributed by atoms with E-state index < -0.39 is 29.5 Å². The third-order valence-corrected chi connectivity index (χ3v) is 8.41. The van der Waals surface area contributed by atoms with Gasteiger partial charge in [0.05, 0.1) is 18.9 Å². The number of nitrogens with one attached hydrogen (secondary N) is 2. The zero-order valence-electron chi connectivity index (χ0n) is 21.6. The molecule has 0 aliphatic heterocycles. The second-order valence-electron chi connectivity index (χ2n) is 8.14. The van der Waals surface area contributed by atoms with Crippen molar-refractivity contribution in [2.75, 3.05) is 37.3 Å². The number of carbonyl (C=O) groups is 3. The van der Waals surface area contributed by atoms with Crippen LogP contribution in [0.2, 0.25) is 0 Å². The van der Waals surface area contributed by atoms with Gasteiger partial charge in [0.15, 0.2) is 0 Å². The summed E-state index contributed by atoms with van der Waals surface area (Å²) in [5.41, 5.74) is -0.768. The van der Waals surface area contributed by atoms with Crippen molar-refractivity contribution >= 4 is 51.2 Å². The second kappa shape index (κ2) is 17.4. The number of hydrogen-bond acceptors (Lipinski definition) is 9. The summed E-state index contributed by atoms with van der Waals surface area (Å²) in [6.45, 7) is 2.57. The van der Waals surface area contributed by atoms with E-state index in [9.17, 15) is 14.4 Å². The second-order valence-corrected chi connectivity index (χ2v) is 11.6. The fourth-order valence-corrected chi connectivity index (χ4v) is 6.01. The summed E-state index contributed by atoms with van der Waals surface area (Å²) in [6, 6.07) is 18.1. The van der Waals surface area contributed by atoms with Gasteiger partial charge in [-0.05, 0) is 37.0 Å². The van der Waals surface area contributed by atoms with Gasteiger partial charge in [0.1, 0.15) is 0 Å². The molecule has 2 aromatic rings. The van der Waals surface area contributed by atoms with Crippen molar-refractivity contribution in [1.82, 2.24) is 10.6 Å². The van der Waals surface area contributed by atoms with E-state index in [1.165, 1.54) is 7.11 Å². The van der Waals surface area contributed by atoms with Gasteiger partial charge in [0.2, 0.25) is 5.91 Å². The van der Waals surface area contributed by atoms with Crippen molar-refractivity contribution in [3.8, 4) is 0 Å². The first kappa shape index (κ1) is 31.1. The molecule has 2 aromatic carbocycles. The van der Waals surface area contributed by atoms with Crippen LogP contribution in [0.4, 0.5) is 0 Å². The molecule has 2 atom stereocenters. The summed E-state index contributed by atoms with van der Waals surface area (Å²) >= 11 is 1.83. The zero-order valence-corrected chi connectivity index (χ0v) is 24.0. The number of hydrogen-bond donors (Lipinski definition) is 2. The van der Waals surface area contributed by atoms with Crippen LogP contribution in [0.15, 0.2) is 60.7 Å². The Labute approximate surface area is 232 Å². The van der Waals surface area contributed by atoms with Crippen LogP contribution in [0, 0.1) is 5.92 Å². The fraction of sp³-hybridized carbons (Fsp3) is 0.444. The van der Waals surface area contributed by atoms with Crippen LogP contribution in [-0.2, 0) is 36.0 Å². The maximum absolute atomic E-state index is 13.7. The molecule has 2 N–H and O–H groups in total. The Morgan fingerprint density at radius 1 is 1.00 bits per heavy atom. The number of benzene rings is 2. The Morgan fingerprint density at radius 3 is 2.30 bits per heavy atom. The highest BCUT2D eigenvalue weighted by molar-refractivity contribution is 8.76. The topological polar surface area (TPSA) is 93.7 Å². The minimum absolute atomic E-state index is 0.0331. The molecular formula is C27H36N2O5S3. The highest BCUT2D eigenvalue weighted by atomic mass is 33.1. The van der Waals surface area contributed by atoms with Gasteiger partial charge in [0.25, 0.3) is 0 Å². The molecule has 10 heteroatoms. The summed E-state index contributed by atoms with van der Waals surface area (Å²) in [7, 11) is 4.44. The van der Waals surface area contributed by atoms with Crippen molar-refractivity contribution in [3.63, 3.8) is 0 Å². The Balaban J connectivity index is 2.23. The maximum Gasteiger partial charge on any atom is 0.377 e. The highest BCUT2D eigenvalue weighted by Crippen LogP contribution is 2.29. The third kappa shape index (κ3) is 10.3. The van der Waals surface area contributed by atoms with Gasteiger partial charge in [-0.25, -0.2) is 4.79 Å². The number of ether oxygens (including phenoxy) is 2. The third-order valence-electron chi connectivity index (χ3n) is 5.42. The van der Waals surface area contributed by atoms with Gasteiger partial charge in [0, 0.05) is 17.7 Å². The number of esters is 2. The first-order valence-corrected chi connectivity index (χ1v) is 16.0. The van der Waals surface area contributed by atoms with Crippen LogP contribution in [-0.4, -0.2) is 55.1 Å². The van der Waals surface area contributed by atoms with Gasteiger partial charge in [-0.15, -0.1) is 0 Å². The largest absolute Gasteiger partial charge is 0.464 e. The minimum atomic E-state index is -2.08. The van der Waals surface area contributed by atoms with Crippen molar-refractivity contribution in [1.29, 1.82) is 0 Å². The smallest absolute Gasteiger partial charge is 0.377 e. The predicted octanol–water partition coefficient (Wildman–Crippen LogP) is 4.62. The lowest BCUT2D eigenvalue weighted by atomic mass is 9.97. The molecule has 0 saturated heterocycles. The Morgan fingerprint density at radius 2 is 1.68 bits per heavy atom. The lowest BCUT2D eigenvalue weighted by Gasteiger charge is -2.33. The highest BCUT2D eigenvalue weighted by Gasteiger charge is 2.48. The normalized spacial score (nSPS) is 13.3. The SMILES string of the molecule is CCC(=O)OC(NC(=O)C(CSSCNCCCSC)Cc1ccccc1)(C(=O)OC)c1ccccc1. The molecule has 2 unspecified atom stereocenters. The monoisotopic (exact) mass is 564 g/mol. The molecule has 2 rings (SSSR count). The number of rotatable bonds is 17. The molecule has 0 fully saturated rings. The van der Waals surface area contributed by atoms with Gasteiger partial charge in [-0.3, -0.25) is 9.59 Å². The average Bonchev–Trinajstić information content (AvgIpc) is 2.93. The molecule has 0 radical (unpaired) electrons. The molecule has 0 aliphatic carbocycles. The van der Waals surface area contributed by atoms with E-state index in [4.69, 9.17) is 9.47 Å². The lowest BCUT2D eigenvalue weighted by Crippen LogP contribution is -2.57. The first-order valence-electron chi connectivity index (χ1n) is 12.1. The maximum atomic E-state index is 13.7. The molecule has 0 bridgehead atoms. The van der Waals surface area contributed by atoms with Gasteiger partial charge in [-0.2, -0.15) is 11.8 Å². The van der Waals surface area contributed by atoms with Crippen molar-refractivity contribution in [2.45, 2.75) is 31.9 Å². The van der Waals surface area contributed by atoms with Crippen LogP contribution in [0.25, 0.3) is 0 Å². The van der Waals surface area contributed by atoms with E-state index in [1.54, 1.807) is 58.8 Å². The minimum Gasteiger partial charge on any atom is -0.464 e. The average molecular weight is 565 g/mol. The standard InChI is InChI=1S/C27H36N2O5S3/c1-4-24(30)34-27(26(32)33-2,23-14-9-6-10-15-23)29-25(31)22(18-21-12-7-5-8-13-21)19-36-37-20-28-16-11-17-35-3/h5-10,12-15,22,28H,4,11,16-20H2,1-3H3,(H,29,31). The van der Waals surface area contributed by atoms with Crippen LogP contribution >= 0.6 is 33.3 Å². The number of amides is 1. The van der Waals surface area contributed by atoms with E-state index in [2.05, 4.69) is 16.9 Å². The van der Waals surface area contributed by atoms with E-state index in [0.717, 1.165) is 30.2 Å². The summed E-state index contributed by atoms with van der Waals surface area (Å²) in [5, 5.41) is 6.15. The van der Waals surface area contributed by atoms with Crippen LogP contribution in [0.3, 0.4) is 0 Å². The molecule has 0 spiro atoms. The lowest BCUT2D eigenvalue weighted by molar-refractivity contribution is -0.189. The van der Waals surface area contributed by atoms with Crippen molar-refractivity contribution in [2.24, 2.45) is 5.92 Å². The van der Waals surface area contributed by atoms with Crippen LogP contribution < -0.4 is 10.6 Å². The first-order chi connectivity index (χ1) is 18.0. The Hall–Kier alpha value is -2.14. The summed E-state index contributed by atoms with van der Waals surface area (Å²) in [5.74, 6) is 0.00737. The number of thioether (sulfide) groups is 1. The van der Waals surface area contributed by atoms with E-state index in [1.807, 2.05) is 42.1 Å². The molecular weight excluding hydrogens is 529 g/mol. The number of carbonyl (C=O) groups excluding carboxylic acids is 3. The Kier molecular flexibility index (Phi) is 14.6. The van der Waals surface area contributed by atoms with E-state index in [0.29, 0.717) is 17.7 Å². The van der Waals surface area contributed by atoms with Crippen LogP contribution in [0.5, 0.6) is 0 Å². The van der Waals surface area contributed by atoms with Gasteiger partial charge in [-0.1, -0.05) is 89.2 Å². The number of methoxy groups -OCH3 is 1. The van der Waals surface area contributed by atoms with Crippen LogP contribution in [0.1, 0.15) is 30.9 Å². The molecule has 0 aromatic heterocycles. The molecule has 202 valence electrons. The molecule has 7 nitrogen and oxygen atoms in total. The van der Waals surface area contributed by atoms with E-state index >= 15 is 0 Å². The zero-order chi connectivity index (χ0) is 26.9. The molecule has 0 aliphatic rings. The molecule has 0 heterocycles. The van der Waals surface area contributed by atoms with Gasteiger partial charge < -0.3 is 20.1 Å². The quantitative estimate of drug-likeness (QED) is 0.124. The predicted molar refractivity (Wildman–Crippen MR) is 154 cm³/mol. The summed E-state index contributed by atoms with van der Waals surface area (Å²) in [6.07, 6.45) is 3.70. The van der Waals surface area contributed by atoms with Crippen molar-refractivity contribution in [3.05, 3.63) is 71.8 Å². The van der Waals surface area contributed by atoms with E-state index in [-0.39, 0.29) is 6.42 Å². The molecule has 0 saturated carbocycles. The summed E-state index contributed by atoms with van der Waals surface area (Å²) < 4.78 is 10.6.